The molecule has 2 heteroatoms. The van der Waals surface area contributed by atoms with Crippen LogP contribution in [0.2, 0.25) is 0 Å². The Morgan fingerprint density at radius 1 is 0.529 bits per heavy atom. The molecule has 0 aromatic heterocycles. The zero-order valence-corrected chi connectivity index (χ0v) is 29.0. The molecule has 1 aliphatic carbocycles. The Balaban J connectivity index is 1.25. The van der Waals surface area contributed by atoms with Gasteiger partial charge in [-0.05, 0) is 122 Å². The first-order chi connectivity index (χ1) is 25.2. The number of nitrogens with zero attached hydrogens (tertiary/aromatic N) is 1. The Labute approximate surface area is 303 Å². The summed E-state index contributed by atoms with van der Waals surface area (Å²) in [6.07, 6.45) is 13.9. The van der Waals surface area contributed by atoms with Gasteiger partial charge in [-0.3, -0.25) is 0 Å². The molecule has 1 nitrogen and oxygen atoms in total. The van der Waals surface area contributed by atoms with Crippen LogP contribution in [0.1, 0.15) is 17.5 Å². The van der Waals surface area contributed by atoms with Crippen LogP contribution in [0, 0.1) is 0 Å². The summed E-state index contributed by atoms with van der Waals surface area (Å²) < 4.78 is 0. The quantitative estimate of drug-likeness (QED) is 0.172. The van der Waals surface area contributed by atoms with Crippen molar-refractivity contribution in [2.45, 2.75) is 16.2 Å². The van der Waals surface area contributed by atoms with Crippen molar-refractivity contribution in [3.63, 3.8) is 0 Å². The van der Waals surface area contributed by atoms with Crippen molar-refractivity contribution in [3.05, 3.63) is 211 Å². The topological polar surface area (TPSA) is 3.24 Å². The van der Waals surface area contributed by atoms with Crippen molar-refractivity contribution < 1.29 is 0 Å². The summed E-state index contributed by atoms with van der Waals surface area (Å²) in [7, 11) is 0. The van der Waals surface area contributed by atoms with Crippen molar-refractivity contribution in [2.75, 3.05) is 4.90 Å². The van der Waals surface area contributed by atoms with E-state index < -0.39 is 0 Å². The molecule has 9 rings (SSSR count). The van der Waals surface area contributed by atoms with Crippen LogP contribution in [0.4, 0.5) is 17.1 Å². The summed E-state index contributed by atoms with van der Waals surface area (Å²) in [4.78, 5) is 4.94. The summed E-state index contributed by atoms with van der Waals surface area (Å²) in [6, 6.07) is 55.3. The number of anilines is 3. The molecular weight excluding hydrogens is 635 g/mol. The summed E-state index contributed by atoms with van der Waals surface area (Å²) in [6.45, 7) is 4.37. The Kier molecular flexibility index (Phi) is 8.08. The Morgan fingerprint density at radius 2 is 1.20 bits per heavy atom. The molecular formula is C49H35NS. The molecule has 2 aliphatic rings. The van der Waals surface area contributed by atoms with Gasteiger partial charge in [-0.2, -0.15) is 0 Å². The second kappa shape index (κ2) is 13.3. The minimum atomic E-state index is 0.835. The highest BCUT2D eigenvalue weighted by Gasteiger charge is 2.25. The Hall–Kier alpha value is -6.09. The standard InChI is InChI=1S/C49H35NS/c1-34-16-6-2-3-11-21-40(43(30-34)35-17-7-4-8-18-35)37-26-28-42-41-29-27-39(31-38(41)33-44(45(42)32-37)36-19-9-5-10-20-36)50-46-22-12-14-24-48(46)51-49-25-15-13-23-47(49)50/h2-10,12-33H,1,11H2/b3-2-,16-6-,40-21-,43-30-. The largest absolute Gasteiger partial charge is 0.308 e. The third kappa shape index (κ3) is 5.84. The van der Waals surface area contributed by atoms with E-state index in [4.69, 9.17) is 0 Å². The zero-order chi connectivity index (χ0) is 34.1. The minimum Gasteiger partial charge on any atom is -0.308 e. The number of fused-ring (bicyclic) bond motifs is 5. The normalized spacial score (nSPS) is 17.5. The van der Waals surface area contributed by atoms with Gasteiger partial charge in [0.15, 0.2) is 0 Å². The van der Waals surface area contributed by atoms with E-state index in [1.54, 1.807) is 0 Å². The number of hydrogen-bond acceptors (Lipinski definition) is 2. The molecule has 0 N–H and O–H groups in total. The molecule has 0 spiro atoms. The third-order valence-corrected chi connectivity index (χ3v) is 10.9. The molecule has 7 aromatic carbocycles. The molecule has 0 amide bonds. The second-order valence-corrected chi connectivity index (χ2v) is 14.1. The fourth-order valence-corrected chi connectivity index (χ4v) is 8.43. The van der Waals surface area contributed by atoms with Gasteiger partial charge < -0.3 is 4.90 Å². The molecule has 0 atom stereocenters. The van der Waals surface area contributed by atoms with Crippen LogP contribution in [0.3, 0.4) is 0 Å². The molecule has 0 fully saturated rings. The first-order valence-corrected chi connectivity index (χ1v) is 18.2. The lowest BCUT2D eigenvalue weighted by Gasteiger charge is -2.33. The molecule has 1 aliphatic heterocycles. The molecule has 0 saturated heterocycles. The van der Waals surface area contributed by atoms with Gasteiger partial charge >= 0.3 is 0 Å². The van der Waals surface area contributed by atoms with Crippen molar-refractivity contribution >= 4 is 61.5 Å². The van der Waals surface area contributed by atoms with E-state index in [-0.39, 0.29) is 0 Å². The second-order valence-electron chi connectivity index (χ2n) is 13.0. The van der Waals surface area contributed by atoms with E-state index in [0.29, 0.717) is 0 Å². The highest BCUT2D eigenvalue weighted by Crippen LogP contribution is 2.52. The first kappa shape index (κ1) is 30.9. The maximum absolute atomic E-state index is 4.37. The number of allylic oxidation sites excluding steroid dienone is 9. The lowest BCUT2D eigenvalue weighted by atomic mass is 9.86. The Bertz CT molecular complexity index is 2540. The summed E-state index contributed by atoms with van der Waals surface area (Å²) in [5.41, 5.74) is 11.7. The molecule has 0 radical (unpaired) electrons. The lowest BCUT2D eigenvalue weighted by Crippen LogP contribution is -2.14. The SMILES string of the molecule is C=C1/C=C\C=C/C/C=C(c2ccc3c(c2)c(-c2ccccc2)cc2cc(N4c5ccccc5Sc5ccccc54)ccc23)\C(c2ccccc2)=C/1. The Morgan fingerprint density at radius 3 is 1.94 bits per heavy atom. The molecule has 7 aromatic rings. The van der Waals surface area contributed by atoms with Crippen molar-refractivity contribution in [1.82, 2.24) is 0 Å². The lowest BCUT2D eigenvalue weighted by molar-refractivity contribution is 1.17. The van der Waals surface area contributed by atoms with Crippen LogP contribution in [0.5, 0.6) is 0 Å². The van der Waals surface area contributed by atoms with Gasteiger partial charge in [0.1, 0.15) is 0 Å². The summed E-state index contributed by atoms with van der Waals surface area (Å²) >= 11 is 1.84. The zero-order valence-electron chi connectivity index (χ0n) is 28.2. The predicted molar refractivity (Wildman–Crippen MR) is 220 cm³/mol. The van der Waals surface area contributed by atoms with Crippen LogP contribution < -0.4 is 4.90 Å². The number of hydrogen-bond donors (Lipinski definition) is 0. The molecule has 1 heterocycles. The van der Waals surface area contributed by atoms with Gasteiger partial charge in [0, 0.05) is 15.5 Å². The van der Waals surface area contributed by atoms with Crippen LogP contribution in [0.25, 0.3) is 43.8 Å². The van der Waals surface area contributed by atoms with Gasteiger partial charge in [-0.1, -0.05) is 152 Å². The fourth-order valence-electron chi connectivity index (χ4n) is 7.37. The van der Waals surface area contributed by atoms with E-state index in [0.717, 1.165) is 17.7 Å². The molecule has 51 heavy (non-hydrogen) atoms. The first-order valence-electron chi connectivity index (χ1n) is 17.4. The number of benzene rings is 7. The van der Waals surface area contributed by atoms with Crippen molar-refractivity contribution in [3.8, 4) is 11.1 Å². The number of rotatable bonds is 4. The average molecular weight is 670 g/mol. The highest BCUT2D eigenvalue weighted by atomic mass is 32.2. The van der Waals surface area contributed by atoms with Crippen LogP contribution in [0.15, 0.2) is 210 Å². The van der Waals surface area contributed by atoms with E-state index in [2.05, 4.69) is 200 Å². The maximum atomic E-state index is 4.37. The summed E-state index contributed by atoms with van der Waals surface area (Å²) in [5.74, 6) is 0. The molecule has 0 bridgehead atoms. The van der Waals surface area contributed by atoms with Gasteiger partial charge in [0.2, 0.25) is 0 Å². The monoisotopic (exact) mass is 669 g/mol. The average Bonchev–Trinajstić information content (AvgIpc) is 3.19. The van der Waals surface area contributed by atoms with Crippen LogP contribution in [-0.4, -0.2) is 0 Å². The van der Waals surface area contributed by atoms with E-state index in [9.17, 15) is 0 Å². The third-order valence-electron chi connectivity index (χ3n) is 9.74. The van der Waals surface area contributed by atoms with E-state index in [1.807, 2.05) is 11.8 Å². The van der Waals surface area contributed by atoms with Gasteiger partial charge in [-0.25, -0.2) is 0 Å². The molecule has 0 unspecified atom stereocenters. The van der Waals surface area contributed by atoms with Gasteiger partial charge in [0.25, 0.3) is 0 Å². The van der Waals surface area contributed by atoms with Crippen molar-refractivity contribution in [2.24, 2.45) is 0 Å². The maximum Gasteiger partial charge on any atom is 0.0601 e. The smallest absolute Gasteiger partial charge is 0.0601 e. The molecule has 242 valence electrons. The van der Waals surface area contributed by atoms with E-state index in [1.165, 1.54) is 76.1 Å². The predicted octanol–water partition coefficient (Wildman–Crippen LogP) is 14.1. The number of para-hydroxylation sites is 2. The van der Waals surface area contributed by atoms with Crippen LogP contribution in [-0.2, 0) is 0 Å². The summed E-state index contributed by atoms with van der Waals surface area (Å²) in [5, 5.41) is 4.95. The van der Waals surface area contributed by atoms with Gasteiger partial charge in [-0.15, -0.1) is 0 Å². The van der Waals surface area contributed by atoms with Crippen molar-refractivity contribution in [1.29, 1.82) is 0 Å². The fraction of sp³-hybridized carbons (Fsp3) is 0.0204. The van der Waals surface area contributed by atoms with E-state index >= 15 is 0 Å². The minimum absolute atomic E-state index is 0.835. The van der Waals surface area contributed by atoms with Crippen LogP contribution >= 0.6 is 11.8 Å². The molecule has 0 saturated carbocycles. The van der Waals surface area contributed by atoms with Gasteiger partial charge in [0.05, 0.1) is 11.4 Å². The highest BCUT2D eigenvalue weighted by molar-refractivity contribution is 7.99.